The molecule has 0 atom stereocenters. The van der Waals surface area contributed by atoms with E-state index in [-0.39, 0.29) is 5.82 Å². The second-order valence-corrected chi connectivity index (χ2v) is 6.02. The van der Waals surface area contributed by atoms with Crippen molar-refractivity contribution in [2.75, 3.05) is 5.32 Å². The molecule has 0 saturated heterocycles. The van der Waals surface area contributed by atoms with Crippen molar-refractivity contribution in [1.82, 2.24) is 19.9 Å². The number of halogens is 1. The van der Waals surface area contributed by atoms with Gasteiger partial charge in [0, 0.05) is 47.7 Å². The fraction of sp³-hybridized carbons (Fsp3) is 0.0476. The van der Waals surface area contributed by atoms with Gasteiger partial charge in [-0.05, 0) is 42.8 Å². The van der Waals surface area contributed by atoms with E-state index in [1.165, 1.54) is 12.1 Å². The number of nitrogens with one attached hydrogen (secondary N) is 1. The lowest BCUT2D eigenvalue weighted by atomic mass is 10.0. The Morgan fingerprint density at radius 1 is 0.778 bits per heavy atom. The third kappa shape index (κ3) is 3.95. The van der Waals surface area contributed by atoms with Gasteiger partial charge in [0.2, 0.25) is 0 Å². The van der Waals surface area contributed by atoms with E-state index in [1.54, 1.807) is 36.9 Å². The van der Waals surface area contributed by atoms with Gasteiger partial charge in [-0.25, -0.2) is 14.4 Å². The maximum atomic E-state index is 13.2. The van der Waals surface area contributed by atoms with E-state index in [9.17, 15) is 4.39 Å². The molecule has 0 fully saturated rings. The normalized spacial score (nSPS) is 10.6. The predicted molar refractivity (Wildman–Crippen MR) is 103 cm³/mol. The number of benzene rings is 1. The predicted octanol–water partition coefficient (Wildman–Crippen LogP) is 4.79. The topological polar surface area (TPSA) is 63.6 Å². The van der Waals surface area contributed by atoms with E-state index in [0.29, 0.717) is 11.6 Å². The highest BCUT2D eigenvalue weighted by atomic mass is 19.1. The molecule has 132 valence electrons. The van der Waals surface area contributed by atoms with Crippen LogP contribution in [0.4, 0.5) is 15.9 Å². The minimum atomic E-state index is -0.263. The Morgan fingerprint density at radius 2 is 1.52 bits per heavy atom. The maximum absolute atomic E-state index is 13.2. The summed E-state index contributed by atoms with van der Waals surface area (Å²) in [4.78, 5) is 17.3. The highest BCUT2D eigenvalue weighted by molar-refractivity contribution is 5.71. The summed E-state index contributed by atoms with van der Waals surface area (Å²) in [6.45, 7) is 1.85. The monoisotopic (exact) mass is 357 g/mol. The molecule has 0 aliphatic rings. The minimum absolute atomic E-state index is 0.263. The summed E-state index contributed by atoms with van der Waals surface area (Å²) in [7, 11) is 0. The smallest absolute Gasteiger partial charge is 0.134 e. The van der Waals surface area contributed by atoms with Crippen LogP contribution in [0.2, 0.25) is 0 Å². The van der Waals surface area contributed by atoms with Crippen molar-refractivity contribution in [3.63, 3.8) is 0 Å². The first kappa shape index (κ1) is 16.8. The fourth-order valence-electron chi connectivity index (χ4n) is 2.74. The first-order valence-electron chi connectivity index (χ1n) is 8.41. The van der Waals surface area contributed by atoms with Gasteiger partial charge >= 0.3 is 0 Å². The third-order valence-electron chi connectivity index (χ3n) is 4.00. The number of rotatable bonds is 4. The summed E-state index contributed by atoms with van der Waals surface area (Å²) in [5.74, 6) is 1.08. The second-order valence-electron chi connectivity index (χ2n) is 6.02. The summed E-state index contributed by atoms with van der Waals surface area (Å²) in [6.07, 6.45) is 6.94. The molecule has 0 spiro atoms. The first-order valence-corrected chi connectivity index (χ1v) is 8.41. The van der Waals surface area contributed by atoms with Gasteiger partial charge in [0.15, 0.2) is 0 Å². The highest BCUT2D eigenvalue weighted by Crippen LogP contribution is 2.26. The molecule has 0 aliphatic carbocycles. The van der Waals surface area contributed by atoms with Crippen molar-refractivity contribution in [3.8, 4) is 22.4 Å². The van der Waals surface area contributed by atoms with Gasteiger partial charge in [0.25, 0.3) is 0 Å². The van der Waals surface area contributed by atoms with E-state index >= 15 is 0 Å². The average Bonchev–Trinajstić information content (AvgIpc) is 2.69. The standard InChI is InChI=1S/C21H16FN5/c1-14-25-20(11-21(26-14)27-19-6-8-23-9-7-19)17-10-16(12-24-13-17)15-2-4-18(22)5-3-15/h2-13H,1H3,(H,23,25,26,27). The van der Waals surface area contributed by atoms with Crippen LogP contribution in [0.25, 0.3) is 22.4 Å². The number of anilines is 2. The Bertz CT molecular complexity index is 1070. The SMILES string of the molecule is Cc1nc(Nc2ccncc2)cc(-c2cncc(-c3ccc(F)cc3)c2)n1. The third-order valence-corrected chi connectivity index (χ3v) is 4.00. The zero-order chi connectivity index (χ0) is 18.6. The highest BCUT2D eigenvalue weighted by Gasteiger charge is 2.08. The Morgan fingerprint density at radius 3 is 2.30 bits per heavy atom. The van der Waals surface area contributed by atoms with Gasteiger partial charge in [0.1, 0.15) is 17.5 Å². The molecule has 4 aromatic rings. The van der Waals surface area contributed by atoms with Gasteiger partial charge in [-0.3, -0.25) is 9.97 Å². The molecule has 4 rings (SSSR count). The molecule has 1 aromatic carbocycles. The number of aryl methyl sites for hydroxylation is 1. The molecule has 0 saturated carbocycles. The molecule has 5 nitrogen and oxygen atoms in total. The first-order chi connectivity index (χ1) is 13.2. The lowest BCUT2D eigenvalue weighted by molar-refractivity contribution is 0.628. The van der Waals surface area contributed by atoms with Gasteiger partial charge in [-0.15, -0.1) is 0 Å². The molecule has 0 radical (unpaired) electrons. The van der Waals surface area contributed by atoms with Crippen molar-refractivity contribution >= 4 is 11.5 Å². The second kappa shape index (κ2) is 7.29. The van der Waals surface area contributed by atoms with Gasteiger partial charge < -0.3 is 5.32 Å². The summed E-state index contributed by atoms with van der Waals surface area (Å²) in [5.41, 5.74) is 4.31. The molecular weight excluding hydrogens is 341 g/mol. The molecule has 6 heteroatoms. The molecular formula is C21H16FN5. The molecule has 3 aromatic heterocycles. The van der Waals surface area contributed by atoms with Crippen LogP contribution >= 0.6 is 0 Å². The molecule has 1 N–H and O–H groups in total. The fourth-order valence-corrected chi connectivity index (χ4v) is 2.74. The number of pyridine rings is 2. The molecule has 0 bridgehead atoms. The Balaban J connectivity index is 1.69. The van der Waals surface area contributed by atoms with Gasteiger partial charge in [-0.2, -0.15) is 0 Å². The van der Waals surface area contributed by atoms with Crippen molar-refractivity contribution in [1.29, 1.82) is 0 Å². The lowest BCUT2D eigenvalue weighted by Crippen LogP contribution is -1.99. The number of hydrogen-bond donors (Lipinski definition) is 1. The summed E-state index contributed by atoms with van der Waals surface area (Å²) < 4.78 is 13.2. The Kier molecular flexibility index (Phi) is 4.53. The van der Waals surface area contributed by atoms with E-state index in [4.69, 9.17) is 0 Å². The average molecular weight is 357 g/mol. The maximum Gasteiger partial charge on any atom is 0.134 e. The largest absolute Gasteiger partial charge is 0.340 e. The Labute approximate surface area is 156 Å². The number of nitrogens with zero attached hydrogens (tertiary/aromatic N) is 4. The van der Waals surface area contributed by atoms with E-state index in [1.807, 2.05) is 31.2 Å². The van der Waals surface area contributed by atoms with E-state index < -0.39 is 0 Å². The summed E-state index contributed by atoms with van der Waals surface area (Å²) in [5, 5.41) is 3.25. The summed E-state index contributed by atoms with van der Waals surface area (Å²) >= 11 is 0. The van der Waals surface area contributed by atoms with Gasteiger partial charge in [0.05, 0.1) is 5.69 Å². The minimum Gasteiger partial charge on any atom is -0.340 e. The van der Waals surface area contributed by atoms with Crippen molar-refractivity contribution in [3.05, 3.63) is 85.0 Å². The van der Waals surface area contributed by atoms with Gasteiger partial charge in [-0.1, -0.05) is 12.1 Å². The van der Waals surface area contributed by atoms with Crippen LogP contribution in [0.5, 0.6) is 0 Å². The summed E-state index contributed by atoms with van der Waals surface area (Å²) in [6, 6.07) is 13.9. The van der Waals surface area contributed by atoms with Crippen LogP contribution in [0.15, 0.2) is 73.3 Å². The number of hydrogen-bond acceptors (Lipinski definition) is 5. The van der Waals surface area contributed by atoms with E-state index in [0.717, 1.165) is 28.1 Å². The van der Waals surface area contributed by atoms with Crippen molar-refractivity contribution < 1.29 is 4.39 Å². The van der Waals surface area contributed by atoms with Crippen LogP contribution in [-0.4, -0.2) is 19.9 Å². The van der Waals surface area contributed by atoms with Crippen LogP contribution in [0.3, 0.4) is 0 Å². The quantitative estimate of drug-likeness (QED) is 0.569. The van der Waals surface area contributed by atoms with E-state index in [2.05, 4.69) is 25.3 Å². The Hall–Kier alpha value is -3.67. The molecule has 0 amide bonds. The number of aromatic nitrogens is 4. The van der Waals surface area contributed by atoms with Crippen LogP contribution in [-0.2, 0) is 0 Å². The van der Waals surface area contributed by atoms with Crippen molar-refractivity contribution in [2.45, 2.75) is 6.92 Å². The lowest BCUT2D eigenvalue weighted by Gasteiger charge is -2.09. The van der Waals surface area contributed by atoms with Crippen LogP contribution in [0, 0.1) is 12.7 Å². The molecule has 27 heavy (non-hydrogen) atoms. The zero-order valence-electron chi connectivity index (χ0n) is 14.6. The molecule has 0 unspecified atom stereocenters. The zero-order valence-corrected chi connectivity index (χ0v) is 14.6. The van der Waals surface area contributed by atoms with Crippen molar-refractivity contribution in [2.24, 2.45) is 0 Å². The van der Waals surface area contributed by atoms with Crippen LogP contribution < -0.4 is 5.32 Å². The van der Waals surface area contributed by atoms with Crippen LogP contribution in [0.1, 0.15) is 5.82 Å². The molecule has 0 aliphatic heterocycles. The molecule has 3 heterocycles.